The van der Waals surface area contributed by atoms with E-state index < -0.39 is 0 Å². The molecule has 1 aliphatic rings. The fourth-order valence-corrected chi connectivity index (χ4v) is 4.38. The zero-order valence-electron chi connectivity index (χ0n) is 13.5. The van der Waals surface area contributed by atoms with Gasteiger partial charge in [-0.15, -0.1) is 11.8 Å². The van der Waals surface area contributed by atoms with E-state index in [1.807, 2.05) is 17.8 Å². The van der Waals surface area contributed by atoms with E-state index in [1.54, 1.807) is 7.11 Å². The summed E-state index contributed by atoms with van der Waals surface area (Å²) < 4.78 is 5.45. The van der Waals surface area contributed by atoms with E-state index in [2.05, 4.69) is 78.9 Å². The first-order valence-corrected chi connectivity index (χ1v) is 8.90. The van der Waals surface area contributed by atoms with Crippen LogP contribution in [0.3, 0.4) is 0 Å². The number of ether oxygens (including phenoxy) is 1. The van der Waals surface area contributed by atoms with Gasteiger partial charge in [-0.25, -0.2) is 0 Å². The lowest BCUT2D eigenvalue weighted by Gasteiger charge is -2.26. The molecule has 1 aliphatic heterocycles. The molecule has 3 aromatic carbocycles. The third kappa shape index (κ3) is 2.85. The lowest BCUT2D eigenvalue weighted by molar-refractivity contribution is 0.414. The first kappa shape index (κ1) is 15.1. The van der Waals surface area contributed by atoms with E-state index in [0.29, 0.717) is 0 Å². The topological polar surface area (TPSA) is 9.23 Å². The Morgan fingerprint density at radius 1 is 0.833 bits per heavy atom. The summed E-state index contributed by atoms with van der Waals surface area (Å²) in [5.41, 5.74) is 5.16. The minimum atomic E-state index is 0.275. The monoisotopic (exact) mass is 330 g/mol. The number of rotatable bonds is 3. The van der Waals surface area contributed by atoms with Gasteiger partial charge in [0.15, 0.2) is 0 Å². The van der Waals surface area contributed by atoms with Crippen molar-refractivity contribution in [1.82, 2.24) is 0 Å². The Hall–Kier alpha value is -2.45. The van der Waals surface area contributed by atoms with Crippen molar-refractivity contribution in [2.24, 2.45) is 0 Å². The highest BCUT2D eigenvalue weighted by molar-refractivity contribution is 8.09. The summed E-state index contributed by atoms with van der Waals surface area (Å²) in [6.45, 7) is 0. The van der Waals surface area contributed by atoms with Gasteiger partial charge in [0.1, 0.15) is 5.75 Å². The van der Waals surface area contributed by atoms with Gasteiger partial charge >= 0.3 is 0 Å². The summed E-state index contributed by atoms with van der Waals surface area (Å²) in [5, 5.41) is 0.275. The highest BCUT2D eigenvalue weighted by atomic mass is 32.2. The summed E-state index contributed by atoms with van der Waals surface area (Å²) >= 11 is 1.91. The van der Waals surface area contributed by atoms with Crippen LogP contribution in [0.2, 0.25) is 0 Å². The SMILES string of the molecule is COc1ccc2c(c1)[C@@H](c1ccccc1)SC(c1ccccc1)=C2. The summed E-state index contributed by atoms with van der Waals surface area (Å²) in [4.78, 5) is 1.31. The summed E-state index contributed by atoms with van der Waals surface area (Å²) in [5.74, 6) is 0.909. The van der Waals surface area contributed by atoms with Gasteiger partial charge < -0.3 is 4.74 Å². The van der Waals surface area contributed by atoms with E-state index >= 15 is 0 Å². The van der Waals surface area contributed by atoms with Gasteiger partial charge in [0, 0.05) is 4.91 Å². The highest BCUT2D eigenvalue weighted by Crippen LogP contribution is 2.50. The predicted molar refractivity (Wildman–Crippen MR) is 103 cm³/mol. The lowest BCUT2D eigenvalue weighted by Crippen LogP contribution is -2.04. The standard InChI is InChI=1S/C22H18OS/c1-23-19-13-12-18-14-21(16-8-4-2-5-9-16)24-22(20(18)15-19)17-10-6-3-7-11-17/h2-15,22H,1H3/t22-/m1/s1. The Kier molecular flexibility index (Phi) is 4.14. The second kappa shape index (κ2) is 6.58. The molecule has 0 N–H and O–H groups in total. The van der Waals surface area contributed by atoms with Crippen molar-refractivity contribution >= 4 is 22.7 Å². The number of hydrogen-bond acceptors (Lipinski definition) is 2. The highest BCUT2D eigenvalue weighted by Gasteiger charge is 2.24. The predicted octanol–water partition coefficient (Wildman–Crippen LogP) is 6.03. The lowest BCUT2D eigenvalue weighted by atomic mass is 9.97. The van der Waals surface area contributed by atoms with E-state index in [-0.39, 0.29) is 5.25 Å². The van der Waals surface area contributed by atoms with Crippen LogP contribution in [0.1, 0.15) is 27.5 Å². The zero-order chi connectivity index (χ0) is 16.4. The Bertz CT molecular complexity index is 869. The maximum Gasteiger partial charge on any atom is 0.119 e. The molecule has 0 amide bonds. The van der Waals surface area contributed by atoms with Gasteiger partial charge in [0.25, 0.3) is 0 Å². The minimum Gasteiger partial charge on any atom is -0.497 e. The molecular formula is C22H18OS. The normalized spacial score (nSPS) is 16.2. The van der Waals surface area contributed by atoms with Gasteiger partial charge in [-0.3, -0.25) is 0 Å². The average Bonchev–Trinajstić information content (AvgIpc) is 2.68. The van der Waals surface area contributed by atoms with Crippen LogP contribution >= 0.6 is 11.8 Å². The molecule has 0 bridgehead atoms. The molecule has 0 spiro atoms. The maximum atomic E-state index is 5.45. The Morgan fingerprint density at radius 2 is 1.54 bits per heavy atom. The summed E-state index contributed by atoms with van der Waals surface area (Å²) in [7, 11) is 1.72. The molecule has 0 radical (unpaired) electrons. The van der Waals surface area contributed by atoms with Crippen molar-refractivity contribution in [3.63, 3.8) is 0 Å². The second-order valence-electron chi connectivity index (χ2n) is 5.78. The number of fused-ring (bicyclic) bond motifs is 1. The average molecular weight is 330 g/mol. The third-order valence-corrected chi connectivity index (χ3v) is 5.64. The van der Waals surface area contributed by atoms with Crippen LogP contribution in [0.5, 0.6) is 5.75 Å². The molecule has 1 heterocycles. The summed E-state index contributed by atoms with van der Waals surface area (Å²) in [6.07, 6.45) is 2.29. The van der Waals surface area contributed by atoms with Crippen LogP contribution in [0, 0.1) is 0 Å². The van der Waals surface area contributed by atoms with Crippen molar-refractivity contribution in [3.05, 3.63) is 101 Å². The van der Waals surface area contributed by atoms with Crippen molar-refractivity contribution in [3.8, 4) is 5.75 Å². The van der Waals surface area contributed by atoms with Gasteiger partial charge in [-0.05, 0) is 40.5 Å². The molecular weight excluding hydrogens is 312 g/mol. The van der Waals surface area contributed by atoms with Crippen LogP contribution in [-0.4, -0.2) is 7.11 Å². The molecule has 0 fully saturated rings. The number of thioether (sulfide) groups is 1. The smallest absolute Gasteiger partial charge is 0.119 e. The molecule has 118 valence electrons. The third-order valence-electron chi connectivity index (χ3n) is 4.27. The molecule has 4 rings (SSSR count). The molecule has 1 atom stereocenters. The Labute approximate surface area is 147 Å². The molecule has 2 heteroatoms. The molecule has 24 heavy (non-hydrogen) atoms. The minimum absolute atomic E-state index is 0.275. The van der Waals surface area contributed by atoms with Crippen molar-refractivity contribution < 1.29 is 4.74 Å². The molecule has 0 aromatic heterocycles. The molecule has 1 nitrogen and oxygen atoms in total. The zero-order valence-corrected chi connectivity index (χ0v) is 14.3. The second-order valence-corrected chi connectivity index (χ2v) is 6.92. The molecule has 3 aromatic rings. The van der Waals surface area contributed by atoms with Gasteiger partial charge in [0.05, 0.1) is 12.4 Å². The maximum absolute atomic E-state index is 5.45. The van der Waals surface area contributed by atoms with Gasteiger partial charge in [0.2, 0.25) is 0 Å². The van der Waals surface area contributed by atoms with E-state index in [9.17, 15) is 0 Å². The summed E-state index contributed by atoms with van der Waals surface area (Å²) in [6, 6.07) is 27.7. The molecule has 0 aliphatic carbocycles. The first-order chi connectivity index (χ1) is 11.8. The van der Waals surface area contributed by atoms with E-state index in [0.717, 1.165) is 5.75 Å². The van der Waals surface area contributed by atoms with Crippen LogP contribution in [0.15, 0.2) is 78.9 Å². The van der Waals surface area contributed by atoms with Crippen molar-refractivity contribution in [1.29, 1.82) is 0 Å². The van der Waals surface area contributed by atoms with Gasteiger partial charge in [-0.2, -0.15) is 0 Å². The number of hydrogen-bond donors (Lipinski definition) is 0. The van der Waals surface area contributed by atoms with Crippen LogP contribution in [0.4, 0.5) is 0 Å². The molecule has 0 unspecified atom stereocenters. The van der Waals surface area contributed by atoms with Gasteiger partial charge in [-0.1, -0.05) is 66.7 Å². The number of methoxy groups -OCH3 is 1. The molecule has 0 saturated heterocycles. The fourth-order valence-electron chi connectivity index (χ4n) is 3.03. The largest absolute Gasteiger partial charge is 0.497 e. The first-order valence-electron chi connectivity index (χ1n) is 8.02. The number of benzene rings is 3. The van der Waals surface area contributed by atoms with Crippen molar-refractivity contribution in [2.45, 2.75) is 5.25 Å². The fraction of sp³-hybridized carbons (Fsp3) is 0.0909. The van der Waals surface area contributed by atoms with Crippen LogP contribution < -0.4 is 4.74 Å². The van der Waals surface area contributed by atoms with E-state index in [4.69, 9.17) is 4.74 Å². The van der Waals surface area contributed by atoms with E-state index in [1.165, 1.54) is 27.2 Å². The van der Waals surface area contributed by atoms with Crippen molar-refractivity contribution in [2.75, 3.05) is 7.11 Å². The Morgan fingerprint density at radius 3 is 2.25 bits per heavy atom. The Balaban J connectivity index is 1.85. The molecule has 0 saturated carbocycles. The van der Waals surface area contributed by atoms with Crippen LogP contribution in [-0.2, 0) is 0 Å². The quantitative estimate of drug-likeness (QED) is 0.580. The van der Waals surface area contributed by atoms with Crippen LogP contribution in [0.25, 0.3) is 11.0 Å².